The van der Waals surface area contributed by atoms with E-state index in [0.717, 1.165) is 12.3 Å². The van der Waals surface area contributed by atoms with E-state index in [1.807, 2.05) is 0 Å². The van der Waals surface area contributed by atoms with Gasteiger partial charge < -0.3 is 4.43 Å². The SMILES string of the molecule is CCC(CC)CCC(Br)O[Si](C)(C)C. The summed E-state index contributed by atoms with van der Waals surface area (Å²) in [5.74, 6) is 0.875. The molecule has 0 saturated heterocycles. The molecule has 1 atom stereocenters. The maximum Gasteiger partial charge on any atom is 0.185 e. The van der Waals surface area contributed by atoms with Crippen LogP contribution in [0.1, 0.15) is 39.5 Å². The smallest absolute Gasteiger partial charge is 0.185 e. The molecule has 3 heteroatoms. The van der Waals surface area contributed by atoms with Gasteiger partial charge >= 0.3 is 0 Å². The van der Waals surface area contributed by atoms with Gasteiger partial charge in [0.25, 0.3) is 0 Å². The Morgan fingerprint density at radius 1 is 1.07 bits per heavy atom. The third-order valence-electron chi connectivity index (χ3n) is 2.44. The highest BCUT2D eigenvalue weighted by molar-refractivity contribution is 9.09. The number of hydrogen-bond donors (Lipinski definition) is 0. The summed E-state index contributed by atoms with van der Waals surface area (Å²) in [6.45, 7) is 11.3. The molecule has 0 heterocycles. The van der Waals surface area contributed by atoms with Crippen LogP contribution >= 0.6 is 15.9 Å². The zero-order valence-corrected chi connectivity index (χ0v) is 12.9. The first-order valence-electron chi connectivity index (χ1n) is 5.71. The van der Waals surface area contributed by atoms with Gasteiger partial charge in [-0.2, -0.15) is 0 Å². The third-order valence-corrected chi connectivity index (χ3v) is 4.42. The van der Waals surface area contributed by atoms with Gasteiger partial charge in [-0.3, -0.25) is 0 Å². The van der Waals surface area contributed by atoms with Gasteiger partial charge in [0.2, 0.25) is 0 Å². The average Bonchev–Trinajstić information content (AvgIpc) is 2.03. The molecule has 0 spiro atoms. The van der Waals surface area contributed by atoms with E-state index in [9.17, 15) is 0 Å². The molecule has 1 unspecified atom stereocenters. The lowest BCUT2D eigenvalue weighted by Gasteiger charge is -2.23. The van der Waals surface area contributed by atoms with Crippen LogP contribution < -0.4 is 0 Å². The van der Waals surface area contributed by atoms with Crippen molar-refractivity contribution in [2.24, 2.45) is 5.92 Å². The fourth-order valence-electron chi connectivity index (χ4n) is 1.51. The highest BCUT2D eigenvalue weighted by Gasteiger charge is 2.19. The molecular formula is C11H25BrOSi. The van der Waals surface area contributed by atoms with E-state index in [2.05, 4.69) is 49.4 Å². The normalized spacial score (nSPS) is 14.8. The molecule has 0 aliphatic heterocycles. The highest BCUT2D eigenvalue weighted by atomic mass is 79.9. The fraction of sp³-hybridized carbons (Fsp3) is 1.00. The Labute approximate surface area is 98.9 Å². The van der Waals surface area contributed by atoms with Gasteiger partial charge in [0.05, 0.1) is 0 Å². The summed E-state index contributed by atoms with van der Waals surface area (Å²) in [6, 6.07) is 0. The van der Waals surface area contributed by atoms with Gasteiger partial charge in [0, 0.05) is 0 Å². The van der Waals surface area contributed by atoms with Crippen molar-refractivity contribution in [1.82, 2.24) is 0 Å². The lowest BCUT2D eigenvalue weighted by atomic mass is 9.98. The van der Waals surface area contributed by atoms with Gasteiger partial charge in [0.15, 0.2) is 8.32 Å². The summed E-state index contributed by atoms with van der Waals surface area (Å²) >= 11 is 3.61. The fourth-order valence-corrected chi connectivity index (χ4v) is 4.34. The van der Waals surface area contributed by atoms with Gasteiger partial charge in [-0.15, -0.1) is 0 Å². The minimum absolute atomic E-state index is 0.273. The Kier molecular flexibility index (Phi) is 7.35. The quantitative estimate of drug-likeness (QED) is 0.482. The van der Waals surface area contributed by atoms with Crippen LogP contribution in [0.2, 0.25) is 19.6 Å². The Morgan fingerprint density at radius 2 is 1.57 bits per heavy atom. The predicted molar refractivity (Wildman–Crippen MR) is 70.5 cm³/mol. The van der Waals surface area contributed by atoms with Crippen LogP contribution in [-0.4, -0.2) is 13.3 Å². The Hall–Kier alpha value is 0.657. The standard InChI is InChI=1S/C11H25BrOSi/c1-6-10(7-2)8-9-11(12)13-14(3,4)5/h10-11H,6-9H2,1-5H3. The maximum absolute atomic E-state index is 5.93. The first-order chi connectivity index (χ1) is 6.39. The van der Waals surface area contributed by atoms with Crippen molar-refractivity contribution in [3.05, 3.63) is 0 Å². The summed E-state index contributed by atoms with van der Waals surface area (Å²) in [7, 11) is -1.36. The van der Waals surface area contributed by atoms with E-state index in [4.69, 9.17) is 4.43 Å². The molecule has 0 aliphatic rings. The minimum Gasteiger partial charge on any atom is -0.405 e. The minimum atomic E-state index is -1.36. The second kappa shape index (κ2) is 7.02. The molecule has 0 aliphatic carbocycles. The number of rotatable bonds is 7. The van der Waals surface area contributed by atoms with Crippen molar-refractivity contribution in [1.29, 1.82) is 0 Å². The van der Waals surface area contributed by atoms with Crippen LogP contribution in [0, 0.1) is 5.92 Å². The van der Waals surface area contributed by atoms with Crippen molar-refractivity contribution >= 4 is 24.2 Å². The van der Waals surface area contributed by atoms with E-state index in [1.165, 1.54) is 19.3 Å². The molecule has 86 valence electrons. The second-order valence-corrected chi connectivity index (χ2v) is 10.4. The first-order valence-corrected chi connectivity index (χ1v) is 10.0. The van der Waals surface area contributed by atoms with Crippen molar-refractivity contribution < 1.29 is 4.43 Å². The number of halogens is 1. The van der Waals surface area contributed by atoms with E-state index in [-0.39, 0.29) is 5.01 Å². The molecule has 0 radical (unpaired) electrons. The molecule has 14 heavy (non-hydrogen) atoms. The van der Waals surface area contributed by atoms with E-state index in [1.54, 1.807) is 0 Å². The zero-order valence-electron chi connectivity index (χ0n) is 10.3. The third kappa shape index (κ3) is 8.01. The molecule has 0 N–H and O–H groups in total. The van der Waals surface area contributed by atoms with Gasteiger partial charge in [-0.05, 0) is 38.4 Å². The Bertz CT molecular complexity index is 141. The lowest BCUT2D eigenvalue weighted by molar-refractivity contribution is 0.258. The molecule has 0 rings (SSSR count). The van der Waals surface area contributed by atoms with Crippen molar-refractivity contribution in [2.75, 3.05) is 0 Å². The van der Waals surface area contributed by atoms with Crippen LogP contribution in [0.15, 0.2) is 0 Å². The Morgan fingerprint density at radius 3 is 1.93 bits per heavy atom. The molecule has 1 nitrogen and oxygen atoms in total. The van der Waals surface area contributed by atoms with Gasteiger partial charge in [-0.25, -0.2) is 0 Å². The summed E-state index contributed by atoms with van der Waals surface area (Å²) in [5.41, 5.74) is 0. The topological polar surface area (TPSA) is 9.23 Å². The Balaban J connectivity index is 3.67. The number of hydrogen-bond acceptors (Lipinski definition) is 1. The van der Waals surface area contributed by atoms with Crippen LogP contribution in [-0.2, 0) is 4.43 Å². The van der Waals surface area contributed by atoms with E-state index in [0.29, 0.717) is 0 Å². The molecule has 0 aromatic rings. The van der Waals surface area contributed by atoms with Crippen molar-refractivity contribution in [2.45, 2.75) is 64.2 Å². The molecule has 0 amide bonds. The predicted octanol–water partition coefficient (Wildman–Crippen LogP) is 4.78. The van der Waals surface area contributed by atoms with E-state index < -0.39 is 8.32 Å². The lowest BCUT2D eigenvalue weighted by Crippen LogP contribution is -2.29. The monoisotopic (exact) mass is 280 g/mol. The molecular weight excluding hydrogens is 256 g/mol. The maximum atomic E-state index is 5.93. The van der Waals surface area contributed by atoms with Crippen LogP contribution in [0.4, 0.5) is 0 Å². The highest BCUT2D eigenvalue weighted by Crippen LogP contribution is 2.22. The molecule has 0 bridgehead atoms. The first kappa shape index (κ1) is 14.7. The summed E-state index contributed by atoms with van der Waals surface area (Å²) < 4.78 is 5.93. The van der Waals surface area contributed by atoms with Crippen LogP contribution in [0.5, 0.6) is 0 Å². The average molecular weight is 281 g/mol. The summed E-state index contributed by atoms with van der Waals surface area (Å²) in [6.07, 6.45) is 5.02. The molecule has 0 saturated carbocycles. The molecule has 0 aromatic carbocycles. The van der Waals surface area contributed by atoms with Crippen molar-refractivity contribution in [3.8, 4) is 0 Å². The van der Waals surface area contributed by atoms with E-state index >= 15 is 0 Å². The van der Waals surface area contributed by atoms with Crippen LogP contribution in [0.25, 0.3) is 0 Å². The number of alkyl halides is 1. The van der Waals surface area contributed by atoms with Gasteiger partial charge in [0.1, 0.15) is 5.01 Å². The largest absolute Gasteiger partial charge is 0.405 e. The van der Waals surface area contributed by atoms with Crippen molar-refractivity contribution in [3.63, 3.8) is 0 Å². The second-order valence-electron chi connectivity index (χ2n) is 4.90. The molecule has 0 aromatic heterocycles. The van der Waals surface area contributed by atoms with Crippen LogP contribution in [0.3, 0.4) is 0 Å². The summed E-state index contributed by atoms with van der Waals surface area (Å²) in [4.78, 5) is 0. The zero-order chi connectivity index (χ0) is 11.2. The summed E-state index contributed by atoms with van der Waals surface area (Å²) in [5, 5.41) is 0.273. The van der Waals surface area contributed by atoms with Gasteiger partial charge in [-0.1, -0.05) is 42.6 Å². The molecule has 0 fully saturated rings.